The summed E-state index contributed by atoms with van der Waals surface area (Å²) in [6.07, 6.45) is 11.4. The average molecular weight is 223 g/mol. The van der Waals surface area contributed by atoms with E-state index in [2.05, 4.69) is 32.0 Å². The van der Waals surface area contributed by atoms with E-state index in [-0.39, 0.29) is 17.9 Å². The van der Waals surface area contributed by atoms with Gasteiger partial charge in [-0.3, -0.25) is 4.79 Å². The molecule has 0 bridgehead atoms. The van der Waals surface area contributed by atoms with Crippen LogP contribution in [0.3, 0.4) is 0 Å². The fourth-order valence-electron chi connectivity index (χ4n) is 1.75. The average Bonchev–Trinajstić information content (AvgIpc) is 2.29. The highest BCUT2D eigenvalue weighted by atomic mass is 16.1. The molecule has 0 saturated heterocycles. The molecule has 1 N–H and O–H groups in total. The Labute approximate surface area is 100 Å². The summed E-state index contributed by atoms with van der Waals surface area (Å²) in [5.41, 5.74) is 0. The Kier molecular flexibility index (Phi) is 8.71. The second-order valence-electron chi connectivity index (χ2n) is 4.26. The number of rotatable bonds is 8. The molecule has 0 aliphatic rings. The Hall–Kier alpha value is -0.970. The predicted molar refractivity (Wildman–Crippen MR) is 69.0 cm³/mol. The monoisotopic (exact) mass is 223 g/mol. The summed E-state index contributed by atoms with van der Waals surface area (Å²) in [5, 5.41) is 2.95. The van der Waals surface area contributed by atoms with Crippen LogP contribution < -0.4 is 5.32 Å². The van der Waals surface area contributed by atoms with Crippen molar-refractivity contribution in [1.29, 1.82) is 0 Å². The Morgan fingerprint density at radius 1 is 1.25 bits per heavy atom. The Morgan fingerprint density at radius 3 is 2.38 bits per heavy atom. The molecule has 0 spiro atoms. The summed E-state index contributed by atoms with van der Waals surface area (Å²) in [4.78, 5) is 11.9. The van der Waals surface area contributed by atoms with Crippen molar-refractivity contribution in [3.8, 4) is 12.3 Å². The van der Waals surface area contributed by atoms with Gasteiger partial charge < -0.3 is 5.32 Å². The summed E-state index contributed by atoms with van der Waals surface area (Å²) in [6.45, 7) is 6.28. The molecule has 2 nitrogen and oxygen atoms in total. The Morgan fingerprint density at radius 2 is 1.94 bits per heavy atom. The molecule has 2 unspecified atom stereocenters. The van der Waals surface area contributed by atoms with E-state index in [4.69, 9.17) is 6.42 Å². The Balaban J connectivity index is 4.13. The SMILES string of the molecule is C#CC(CCC)NC(=O)C(CC)CCCC. The van der Waals surface area contributed by atoms with Gasteiger partial charge in [-0.05, 0) is 19.3 Å². The highest BCUT2D eigenvalue weighted by molar-refractivity contribution is 5.79. The minimum absolute atomic E-state index is 0.0897. The lowest BCUT2D eigenvalue weighted by Crippen LogP contribution is -2.38. The molecule has 92 valence electrons. The number of hydrogen-bond donors (Lipinski definition) is 1. The van der Waals surface area contributed by atoms with E-state index in [1.54, 1.807) is 0 Å². The van der Waals surface area contributed by atoms with Crippen LogP contribution in [0.4, 0.5) is 0 Å². The zero-order valence-electron chi connectivity index (χ0n) is 10.9. The molecule has 0 aliphatic carbocycles. The van der Waals surface area contributed by atoms with Gasteiger partial charge in [0.05, 0.1) is 6.04 Å². The van der Waals surface area contributed by atoms with Gasteiger partial charge in [-0.2, -0.15) is 0 Å². The van der Waals surface area contributed by atoms with Crippen molar-refractivity contribution in [2.75, 3.05) is 0 Å². The van der Waals surface area contributed by atoms with Crippen molar-refractivity contribution in [1.82, 2.24) is 5.32 Å². The minimum Gasteiger partial charge on any atom is -0.342 e. The molecule has 0 aromatic rings. The van der Waals surface area contributed by atoms with Crippen LogP contribution in [0.1, 0.15) is 59.3 Å². The normalized spacial score (nSPS) is 13.9. The number of carbonyl (C=O) groups excluding carboxylic acids is 1. The maximum Gasteiger partial charge on any atom is 0.224 e. The maximum absolute atomic E-state index is 11.9. The molecule has 1 amide bonds. The highest BCUT2D eigenvalue weighted by Gasteiger charge is 2.17. The summed E-state index contributed by atoms with van der Waals surface area (Å²) >= 11 is 0. The number of unbranched alkanes of at least 4 members (excludes halogenated alkanes) is 1. The molecular formula is C14H25NO. The van der Waals surface area contributed by atoms with Crippen molar-refractivity contribution in [3.05, 3.63) is 0 Å². The first-order chi connectivity index (χ1) is 7.69. The molecule has 0 rings (SSSR count). The lowest BCUT2D eigenvalue weighted by molar-refractivity contribution is -0.125. The molecule has 0 aromatic heterocycles. The van der Waals surface area contributed by atoms with E-state index in [0.29, 0.717) is 0 Å². The molecular weight excluding hydrogens is 198 g/mol. The van der Waals surface area contributed by atoms with Crippen LogP contribution >= 0.6 is 0 Å². The molecule has 0 aliphatic heterocycles. The fourth-order valence-corrected chi connectivity index (χ4v) is 1.75. The van der Waals surface area contributed by atoms with Gasteiger partial charge in [-0.15, -0.1) is 6.42 Å². The number of terminal acetylenes is 1. The molecule has 2 atom stereocenters. The highest BCUT2D eigenvalue weighted by Crippen LogP contribution is 2.13. The predicted octanol–water partition coefficient (Wildman–Crippen LogP) is 3.12. The fraction of sp³-hybridized carbons (Fsp3) is 0.786. The van der Waals surface area contributed by atoms with E-state index >= 15 is 0 Å². The smallest absolute Gasteiger partial charge is 0.224 e. The number of amides is 1. The van der Waals surface area contributed by atoms with E-state index in [1.165, 1.54) is 0 Å². The number of nitrogens with one attached hydrogen (secondary N) is 1. The van der Waals surface area contributed by atoms with Crippen LogP contribution in [-0.2, 0) is 4.79 Å². The molecule has 0 fully saturated rings. The summed E-state index contributed by atoms with van der Waals surface area (Å²) in [5.74, 6) is 2.90. The first-order valence-electron chi connectivity index (χ1n) is 6.45. The van der Waals surface area contributed by atoms with Crippen LogP contribution in [0.25, 0.3) is 0 Å². The van der Waals surface area contributed by atoms with Gasteiger partial charge in [0.15, 0.2) is 0 Å². The van der Waals surface area contributed by atoms with Crippen LogP contribution in [0.5, 0.6) is 0 Å². The Bertz CT molecular complexity index is 229. The second kappa shape index (κ2) is 9.27. The molecule has 2 heteroatoms. The lowest BCUT2D eigenvalue weighted by Gasteiger charge is -2.18. The van der Waals surface area contributed by atoms with Crippen molar-refractivity contribution < 1.29 is 4.79 Å². The minimum atomic E-state index is -0.0897. The maximum atomic E-state index is 11.9. The number of carbonyl (C=O) groups is 1. The van der Waals surface area contributed by atoms with Crippen LogP contribution in [0.2, 0.25) is 0 Å². The summed E-state index contributed by atoms with van der Waals surface area (Å²) < 4.78 is 0. The van der Waals surface area contributed by atoms with Crippen LogP contribution in [-0.4, -0.2) is 11.9 Å². The molecule has 0 heterocycles. The molecule has 0 aromatic carbocycles. The van der Waals surface area contributed by atoms with Gasteiger partial charge >= 0.3 is 0 Å². The topological polar surface area (TPSA) is 29.1 Å². The largest absolute Gasteiger partial charge is 0.342 e. The van der Waals surface area contributed by atoms with Gasteiger partial charge in [-0.1, -0.05) is 46.0 Å². The standard InChI is InChI=1S/C14H25NO/c1-5-9-11-12(7-3)14(16)15-13(8-4)10-6-2/h4,12-13H,5-7,9-11H2,1-3H3,(H,15,16). The van der Waals surface area contributed by atoms with Crippen molar-refractivity contribution in [2.45, 2.75) is 65.3 Å². The van der Waals surface area contributed by atoms with E-state index in [9.17, 15) is 4.79 Å². The summed E-state index contributed by atoms with van der Waals surface area (Å²) in [7, 11) is 0. The summed E-state index contributed by atoms with van der Waals surface area (Å²) in [6, 6.07) is -0.0897. The third-order valence-electron chi connectivity index (χ3n) is 2.86. The zero-order chi connectivity index (χ0) is 12.4. The zero-order valence-corrected chi connectivity index (χ0v) is 10.9. The molecule has 0 radical (unpaired) electrons. The van der Waals surface area contributed by atoms with Crippen molar-refractivity contribution >= 4 is 5.91 Å². The van der Waals surface area contributed by atoms with Gasteiger partial charge in [0, 0.05) is 5.92 Å². The van der Waals surface area contributed by atoms with Crippen LogP contribution in [0.15, 0.2) is 0 Å². The third kappa shape index (κ3) is 5.80. The van der Waals surface area contributed by atoms with Gasteiger partial charge in [0.2, 0.25) is 5.91 Å². The third-order valence-corrected chi connectivity index (χ3v) is 2.86. The van der Waals surface area contributed by atoms with E-state index in [0.717, 1.165) is 38.5 Å². The van der Waals surface area contributed by atoms with Gasteiger partial charge in [-0.25, -0.2) is 0 Å². The van der Waals surface area contributed by atoms with Crippen LogP contribution in [0, 0.1) is 18.3 Å². The van der Waals surface area contributed by atoms with Crippen molar-refractivity contribution in [3.63, 3.8) is 0 Å². The first-order valence-corrected chi connectivity index (χ1v) is 6.45. The van der Waals surface area contributed by atoms with Gasteiger partial charge in [0.1, 0.15) is 0 Å². The van der Waals surface area contributed by atoms with Crippen molar-refractivity contribution in [2.24, 2.45) is 5.92 Å². The quantitative estimate of drug-likeness (QED) is 0.629. The van der Waals surface area contributed by atoms with Gasteiger partial charge in [0.25, 0.3) is 0 Å². The molecule has 0 saturated carbocycles. The first kappa shape index (κ1) is 15.0. The molecule has 16 heavy (non-hydrogen) atoms. The lowest BCUT2D eigenvalue weighted by atomic mass is 9.98. The van der Waals surface area contributed by atoms with E-state index in [1.807, 2.05) is 0 Å². The number of hydrogen-bond acceptors (Lipinski definition) is 1. The van der Waals surface area contributed by atoms with E-state index < -0.39 is 0 Å². The second-order valence-corrected chi connectivity index (χ2v) is 4.26.